The monoisotopic (exact) mass is 423 g/mol. The Morgan fingerprint density at radius 1 is 1.28 bits per heavy atom. The third kappa shape index (κ3) is 3.67. The highest BCUT2D eigenvalue weighted by molar-refractivity contribution is 7.17. The highest BCUT2D eigenvalue weighted by Crippen LogP contribution is 2.40. The van der Waals surface area contributed by atoms with Gasteiger partial charge in [-0.15, -0.1) is 11.3 Å². The van der Waals surface area contributed by atoms with E-state index in [1.807, 2.05) is 6.07 Å². The molecule has 0 saturated heterocycles. The van der Waals surface area contributed by atoms with Crippen molar-refractivity contribution in [2.24, 2.45) is 0 Å². The smallest absolute Gasteiger partial charge is 0.344 e. The normalized spacial score (nSPS) is 14.4. The van der Waals surface area contributed by atoms with Crippen molar-refractivity contribution in [3.63, 3.8) is 0 Å². The number of thiophene rings is 1. The third-order valence-corrected chi connectivity index (χ3v) is 6.34. The van der Waals surface area contributed by atoms with Crippen molar-refractivity contribution in [1.29, 1.82) is 0 Å². The number of benzene rings is 2. The summed E-state index contributed by atoms with van der Waals surface area (Å²) in [6.07, 6.45) is 3.33. The molecule has 146 valence electrons. The fourth-order valence-corrected chi connectivity index (χ4v) is 5.00. The van der Waals surface area contributed by atoms with Crippen molar-refractivity contribution in [3.8, 4) is 16.9 Å². The van der Waals surface area contributed by atoms with Gasteiger partial charge >= 0.3 is 5.69 Å². The van der Waals surface area contributed by atoms with E-state index in [1.54, 1.807) is 23.7 Å². The minimum atomic E-state index is -0.335. The van der Waals surface area contributed by atoms with Crippen LogP contribution >= 0.6 is 22.9 Å². The van der Waals surface area contributed by atoms with Crippen molar-refractivity contribution < 1.29 is 4.74 Å². The van der Waals surface area contributed by atoms with E-state index in [0.717, 1.165) is 29.0 Å². The fourth-order valence-electron chi connectivity index (χ4n) is 3.73. The van der Waals surface area contributed by atoms with Gasteiger partial charge in [-0.2, -0.15) is 0 Å². The first kappa shape index (κ1) is 18.4. The summed E-state index contributed by atoms with van der Waals surface area (Å²) in [5.41, 5.74) is 3.98. The molecule has 0 atom stereocenters. The average molecular weight is 424 g/mol. The minimum absolute atomic E-state index is 0.335. The molecule has 2 aromatic heterocycles. The van der Waals surface area contributed by atoms with E-state index in [2.05, 4.69) is 50.6 Å². The van der Waals surface area contributed by atoms with E-state index >= 15 is 0 Å². The maximum atomic E-state index is 11.2. The largest absolute Gasteiger partial charge is 0.490 e. The summed E-state index contributed by atoms with van der Waals surface area (Å²) < 4.78 is 7.24. The van der Waals surface area contributed by atoms with Crippen LogP contribution < -0.4 is 10.4 Å². The average Bonchev–Trinajstić information content (AvgIpc) is 3.04. The number of nitrogens with zero attached hydrogens (tertiary/aromatic N) is 2. The molecule has 0 unspecified atom stereocenters. The number of aromatic amines is 1. The van der Waals surface area contributed by atoms with Crippen molar-refractivity contribution in [1.82, 2.24) is 14.9 Å². The lowest BCUT2D eigenvalue weighted by Gasteiger charge is -2.19. The van der Waals surface area contributed by atoms with Gasteiger partial charge in [0, 0.05) is 58.8 Å². The van der Waals surface area contributed by atoms with E-state index in [4.69, 9.17) is 16.3 Å². The molecule has 3 heterocycles. The molecule has 7 heteroatoms. The van der Waals surface area contributed by atoms with Crippen LogP contribution in [-0.4, -0.2) is 28.0 Å². The van der Waals surface area contributed by atoms with E-state index in [0.29, 0.717) is 24.7 Å². The molecule has 5 nitrogen and oxygen atoms in total. The Hall–Kier alpha value is -2.67. The number of hydrogen-bond acceptors (Lipinski definition) is 5. The van der Waals surface area contributed by atoms with E-state index in [-0.39, 0.29) is 5.69 Å². The van der Waals surface area contributed by atoms with E-state index < -0.39 is 0 Å². The molecule has 0 aliphatic carbocycles. The zero-order valence-electron chi connectivity index (χ0n) is 15.5. The summed E-state index contributed by atoms with van der Waals surface area (Å²) in [6.45, 7) is 2.71. The predicted molar refractivity (Wildman–Crippen MR) is 117 cm³/mol. The van der Waals surface area contributed by atoms with Gasteiger partial charge in [-0.3, -0.25) is 4.90 Å². The second-order valence-corrected chi connectivity index (χ2v) is 8.40. The highest BCUT2D eigenvalue weighted by atomic mass is 35.5. The third-order valence-electron chi connectivity index (χ3n) is 5.10. The highest BCUT2D eigenvalue weighted by Gasteiger charge is 2.20. The number of fused-ring (bicyclic) bond motifs is 2. The van der Waals surface area contributed by atoms with Crippen LogP contribution in [0.1, 0.15) is 11.1 Å². The van der Waals surface area contributed by atoms with Gasteiger partial charge in [0.25, 0.3) is 0 Å². The van der Waals surface area contributed by atoms with Gasteiger partial charge in [-0.05, 0) is 29.1 Å². The first-order valence-corrected chi connectivity index (χ1v) is 10.6. The lowest BCUT2D eigenvalue weighted by molar-refractivity contribution is 0.219. The molecular weight excluding hydrogens is 406 g/mol. The standard InChI is InChI=1S/C22H18ClN3O2S/c23-19-8-15(18-13-29-20-4-2-1-3-17(18)20)7-16-12-26(5-6-28-21(16)19)11-14-9-24-22(27)25-10-14/h1-4,7-10,13H,5-6,11-12H2,(H,24,25,27). The SMILES string of the molecule is O=c1ncc(CN2CCOc3c(Cl)cc(-c4csc5ccccc45)cc3C2)c[nH]1. The predicted octanol–water partition coefficient (Wildman–Crippen LogP) is 4.70. The van der Waals surface area contributed by atoms with Crippen LogP contribution in [0, 0.1) is 0 Å². The Morgan fingerprint density at radius 3 is 3.03 bits per heavy atom. The maximum absolute atomic E-state index is 11.2. The quantitative estimate of drug-likeness (QED) is 0.519. The molecule has 0 amide bonds. The maximum Gasteiger partial charge on any atom is 0.344 e. The summed E-state index contributed by atoms with van der Waals surface area (Å²) >= 11 is 8.36. The van der Waals surface area contributed by atoms with Crippen LogP contribution in [-0.2, 0) is 13.1 Å². The summed E-state index contributed by atoms with van der Waals surface area (Å²) in [5, 5.41) is 4.06. The van der Waals surface area contributed by atoms with Gasteiger partial charge in [0.15, 0.2) is 0 Å². The van der Waals surface area contributed by atoms with Gasteiger partial charge < -0.3 is 9.72 Å². The van der Waals surface area contributed by atoms with E-state index in [1.165, 1.54) is 15.6 Å². The van der Waals surface area contributed by atoms with Crippen molar-refractivity contribution >= 4 is 33.0 Å². The minimum Gasteiger partial charge on any atom is -0.490 e. The molecule has 0 saturated carbocycles. The number of H-pyrrole nitrogens is 1. The van der Waals surface area contributed by atoms with Crippen LogP contribution in [0.15, 0.2) is 59.0 Å². The number of aromatic nitrogens is 2. The molecule has 2 aromatic carbocycles. The molecule has 0 bridgehead atoms. The van der Waals surface area contributed by atoms with Gasteiger partial charge in [0.05, 0.1) is 5.02 Å². The lowest BCUT2D eigenvalue weighted by Crippen LogP contribution is -2.26. The van der Waals surface area contributed by atoms with Crippen LogP contribution in [0.25, 0.3) is 21.2 Å². The van der Waals surface area contributed by atoms with Crippen LogP contribution in [0.2, 0.25) is 5.02 Å². The summed E-state index contributed by atoms with van der Waals surface area (Å²) in [7, 11) is 0. The van der Waals surface area contributed by atoms with E-state index in [9.17, 15) is 4.79 Å². The zero-order valence-corrected chi connectivity index (χ0v) is 17.1. The lowest BCUT2D eigenvalue weighted by atomic mass is 10.0. The number of nitrogens with one attached hydrogen (secondary N) is 1. The van der Waals surface area contributed by atoms with Gasteiger partial charge in [0.2, 0.25) is 0 Å². The second-order valence-electron chi connectivity index (χ2n) is 7.08. The number of ether oxygens (including phenoxy) is 1. The fraction of sp³-hybridized carbons (Fsp3) is 0.182. The van der Waals surface area contributed by atoms with Gasteiger partial charge in [-0.25, -0.2) is 9.78 Å². The molecule has 1 aliphatic rings. The van der Waals surface area contributed by atoms with Crippen LogP contribution in [0.3, 0.4) is 0 Å². The van der Waals surface area contributed by atoms with Crippen LogP contribution in [0.4, 0.5) is 0 Å². The molecule has 1 aliphatic heterocycles. The summed E-state index contributed by atoms with van der Waals surface area (Å²) in [4.78, 5) is 19.9. The van der Waals surface area contributed by atoms with Gasteiger partial charge in [-0.1, -0.05) is 29.8 Å². The topological polar surface area (TPSA) is 58.2 Å². The first-order chi connectivity index (χ1) is 14.2. The molecule has 0 radical (unpaired) electrons. The first-order valence-electron chi connectivity index (χ1n) is 9.35. The Morgan fingerprint density at radius 2 is 2.17 bits per heavy atom. The summed E-state index contributed by atoms with van der Waals surface area (Å²) in [5.74, 6) is 0.761. The zero-order chi connectivity index (χ0) is 19.8. The van der Waals surface area contributed by atoms with Crippen LogP contribution in [0.5, 0.6) is 5.75 Å². The molecular formula is C22H18ClN3O2S. The Kier molecular flexibility index (Phi) is 4.83. The van der Waals surface area contributed by atoms with Crippen molar-refractivity contribution in [3.05, 3.63) is 80.8 Å². The summed E-state index contributed by atoms with van der Waals surface area (Å²) in [6, 6.07) is 12.6. The molecule has 29 heavy (non-hydrogen) atoms. The number of rotatable bonds is 3. The molecule has 1 N–H and O–H groups in total. The van der Waals surface area contributed by atoms with Gasteiger partial charge in [0.1, 0.15) is 12.4 Å². The number of halogens is 1. The van der Waals surface area contributed by atoms with Crippen molar-refractivity contribution in [2.75, 3.05) is 13.2 Å². The molecule has 4 aromatic rings. The Bertz CT molecular complexity index is 1230. The molecule has 0 spiro atoms. The molecule has 0 fully saturated rings. The Balaban J connectivity index is 1.50. The molecule has 5 rings (SSSR count). The van der Waals surface area contributed by atoms with Crippen molar-refractivity contribution in [2.45, 2.75) is 13.1 Å². The second kappa shape index (κ2) is 7.63. The Labute approximate surface area is 176 Å². The number of hydrogen-bond donors (Lipinski definition) is 1.